The molecule has 0 radical (unpaired) electrons. The van der Waals surface area contributed by atoms with E-state index in [0.29, 0.717) is 16.9 Å². The van der Waals surface area contributed by atoms with Gasteiger partial charge in [0.05, 0.1) is 28.4 Å². The molecule has 0 aliphatic rings. The second-order valence-electron chi connectivity index (χ2n) is 4.75. The Balaban J connectivity index is 1.75. The minimum absolute atomic E-state index is 0.00908. The fourth-order valence-corrected chi connectivity index (χ4v) is 2.39. The van der Waals surface area contributed by atoms with Gasteiger partial charge in [-0.1, -0.05) is 12.1 Å². The number of aromatic nitrogens is 1. The minimum atomic E-state index is -0.536. The summed E-state index contributed by atoms with van der Waals surface area (Å²) >= 11 is 1.49. The van der Waals surface area contributed by atoms with Crippen LogP contribution in [-0.4, -0.2) is 23.5 Å². The fraction of sp³-hybridized carbons (Fsp3) is 0.176. The van der Waals surface area contributed by atoms with Crippen molar-refractivity contribution in [2.45, 2.75) is 13.3 Å². The lowest BCUT2D eigenvalue weighted by Crippen LogP contribution is -2.16. The van der Waals surface area contributed by atoms with Crippen LogP contribution in [0.1, 0.15) is 22.7 Å². The maximum absolute atomic E-state index is 11.8. The normalized spacial score (nSPS) is 10.3. The number of para-hydroxylation sites is 1. The summed E-state index contributed by atoms with van der Waals surface area (Å²) < 4.78 is 4.96. The summed E-state index contributed by atoms with van der Waals surface area (Å²) in [7, 11) is 0. The molecule has 0 bridgehead atoms. The quantitative estimate of drug-likeness (QED) is 0.644. The van der Waals surface area contributed by atoms with Gasteiger partial charge < -0.3 is 10.1 Å². The summed E-state index contributed by atoms with van der Waals surface area (Å²) in [5, 5.41) is 14.3. The van der Waals surface area contributed by atoms with Crippen molar-refractivity contribution in [3.63, 3.8) is 0 Å². The number of nitriles is 1. The van der Waals surface area contributed by atoms with E-state index in [0.717, 1.165) is 5.01 Å². The van der Waals surface area contributed by atoms with Crippen LogP contribution in [0.3, 0.4) is 0 Å². The van der Waals surface area contributed by atoms with Crippen LogP contribution in [0.2, 0.25) is 0 Å². The average molecular weight is 341 g/mol. The average Bonchev–Trinajstić information content (AvgIpc) is 2.99. The zero-order valence-electron chi connectivity index (χ0n) is 13.0. The van der Waals surface area contributed by atoms with Gasteiger partial charge in [0.2, 0.25) is 5.91 Å². The third-order valence-corrected chi connectivity index (χ3v) is 3.71. The van der Waals surface area contributed by atoms with E-state index in [4.69, 9.17) is 10.00 Å². The van der Waals surface area contributed by atoms with E-state index in [1.807, 2.05) is 18.4 Å². The van der Waals surface area contributed by atoms with Crippen molar-refractivity contribution in [1.29, 1.82) is 5.26 Å². The highest BCUT2D eigenvalue weighted by Gasteiger charge is 2.07. The smallest absolute Gasteiger partial charge is 0.330 e. The zero-order valence-corrected chi connectivity index (χ0v) is 13.8. The maximum atomic E-state index is 11.8. The molecule has 1 heterocycles. The Bertz CT molecular complexity index is 805. The summed E-state index contributed by atoms with van der Waals surface area (Å²) in [4.78, 5) is 27.5. The monoisotopic (exact) mass is 341 g/mol. The Morgan fingerprint density at radius 2 is 2.21 bits per heavy atom. The maximum Gasteiger partial charge on any atom is 0.330 e. The van der Waals surface area contributed by atoms with Gasteiger partial charge in [-0.15, -0.1) is 11.3 Å². The first-order valence-corrected chi connectivity index (χ1v) is 8.02. The number of aryl methyl sites for hydroxylation is 1. The van der Waals surface area contributed by atoms with Gasteiger partial charge in [0, 0.05) is 11.5 Å². The molecule has 2 aromatic rings. The van der Waals surface area contributed by atoms with Crippen LogP contribution in [0.25, 0.3) is 6.08 Å². The topological polar surface area (TPSA) is 92.1 Å². The molecule has 1 aromatic carbocycles. The molecule has 7 heteroatoms. The van der Waals surface area contributed by atoms with Crippen molar-refractivity contribution in [2.75, 3.05) is 11.9 Å². The zero-order chi connectivity index (χ0) is 17.4. The number of carbonyl (C=O) groups is 2. The molecule has 6 nitrogen and oxygen atoms in total. The molecule has 1 amide bonds. The Hall–Kier alpha value is -2.98. The lowest BCUT2D eigenvalue weighted by molar-refractivity contribution is -0.138. The van der Waals surface area contributed by atoms with Crippen LogP contribution in [-0.2, 0) is 14.3 Å². The highest BCUT2D eigenvalue weighted by Crippen LogP contribution is 2.13. The molecule has 2 rings (SSSR count). The van der Waals surface area contributed by atoms with E-state index in [2.05, 4.69) is 10.3 Å². The van der Waals surface area contributed by atoms with Gasteiger partial charge in [0.15, 0.2) is 0 Å². The van der Waals surface area contributed by atoms with Gasteiger partial charge in [-0.3, -0.25) is 4.79 Å². The SMILES string of the molecule is Cc1nc(/C=C/C(=O)OCCC(=O)Nc2ccccc2C#N)cs1. The van der Waals surface area contributed by atoms with E-state index in [-0.39, 0.29) is 18.9 Å². The molecule has 0 fully saturated rings. The lowest BCUT2D eigenvalue weighted by Gasteiger charge is -2.06. The standard InChI is InChI=1S/C17H15N3O3S/c1-12-19-14(11-24-12)6-7-17(22)23-9-8-16(21)20-15-5-3-2-4-13(15)10-18/h2-7,11H,8-9H2,1H3,(H,20,21)/b7-6+. The second-order valence-corrected chi connectivity index (χ2v) is 5.81. The minimum Gasteiger partial charge on any atom is -0.462 e. The molecule has 0 atom stereocenters. The molecule has 1 aromatic heterocycles. The summed E-state index contributed by atoms with van der Waals surface area (Å²) in [6.07, 6.45) is 2.85. The summed E-state index contributed by atoms with van der Waals surface area (Å²) in [6, 6.07) is 8.68. The molecule has 0 aliphatic heterocycles. The first-order valence-electron chi connectivity index (χ1n) is 7.14. The van der Waals surface area contributed by atoms with Crippen LogP contribution in [0.15, 0.2) is 35.7 Å². The van der Waals surface area contributed by atoms with E-state index >= 15 is 0 Å². The Labute approximate surface area is 143 Å². The van der Waals surface area contributed by atoms with Gasteiger partial charge in [0.25, 0.3) is 0 Å². The summed E-state index contributed by atoms with van der Waals surface area (Å²) in [5.74, 6) is -0.865. The van der Waals surface area contributed by atoms with Gasteiger partial charge in [-0.05, 0) is 25.1 Å². The number of anilines is 1. The van der Waals surface area contributed by atoms with E-state index in [1.54, 1.807) is 30.3 Å². The number of rotatable bonds is 6. The van der Waals surface area contributed by atoms with E-state index < -0.39 is 5.97 Å². The van der Waals surface area contributed by atoms with Crippen LogP contribution in [0, 0.1) is 18.3 Å². The third kappa shape index (κ3) is 5.34. The lowest BCUT2D eigenvalue weighted by atomic mass is 10.2. The highest BCUT2D eigenvalue weighted by molar-refractivity contribution is 7.09. The van der Waals surface area contributed by atoms with Crippen molar-refractivity contribution in [3.05, 3.63) is 52.0 Å². The summed E-state index contributed by atoms with van der Waals surface area (Å²) in [6.45, 7) is 1.84. The van der Waals surface area contributed by atoms with Crippen molar-refractivity contribution in [2.24, 2.45) is 0 Å². The first-order chi connectivity index (χ1) is 11.6. The number of amides is 1. The fourth-order valence-electron chi connectivity index (χ4n) is 1.80. The van der Waals surface area contributed by atoms with Gasteiger partial charge in [0.1, 0.15) is 12.7 Å². The van der Waals surface area contributed by atoms with Crippen LogP contribution >= 0.6 is 11.3 Å². The van der Waals surface area contributed by atoms with Gasteiger partial charge in [-0.2, -0.15) is 5.26 Å². The first kappa shape index (κ1) is 17.4. The summed E-state index contributed by atoms with van der Waals surface area (Å²) in [5.41, 5.74) is 1.51. The van der Waals surface area contributed by atoms with E-state index in [9.17, 15) is 9.59 Å². The number of benzene rings is 1. The molecule has 24 heavy (non-hydrogen) atoms. The van der Waals surface area contributed by atoms with Crippen molar-refractivity contribution in [1.82, 2.24) is 4.98 Å². The Morgan fingerprint density at radius 3 is 2.92 bits per heavy atom. The molecular formula is C17H15N3O3S. The van der Waals surface area contributed by atoms with Crippen molar-refractivity contribution < 1.29 is 14.3 Å². The second kappa shape index (κ2) is 8.60. The molecule has 122 valence electrons. The molecule has 0 aliphatic carbocycles. The van der Waals surface area contributed by atoms with Crippen LogP contribution in [0.4, 0.5) is 5.69 Å². The van der Waals surface area contributed by atoms with Gasteiger partial charge >= 0.3 is 5.97 Å². The molecule has 0 saturated heterocycles. The van der Waals surface area contributed by atoms with Crippen molar-refractivity contribution >= 4 is 35.0 Å². The molecule has 0 saturated carbocycles. The van der Waals surface area contributed by atoms with E-state index in [1.165, 1.54) is 17.4 Å². The number of nitrogens with zero attached hydrogens (tertiary/aromatic N) is 2. The van der Waals surface area contributed by atoms with Crippen LogP contribution in [0.5, 0.6) is 0 Å². The third-order valence-electron chi connectivity index (χ3n) is 2.92. The molecule has 1 N–H and O–H groups in total. The highest BCUT2D eigenvalue weighted by atomic mass is 32.1. The Morgan fingerprint density at radius 1 is 1.42 bits per heavy atom. The number of hydrogen-bond acceptors (Lipinski definition) is 6. The largest absolute Gasteiger partial charge is 0.462 e. The number of ether oxygens (including phenoxy) is 1. The van der Waals surface area contributed by atoms with Gasteiger partial charge in [-0.25, -0.2) is 9.78 Å². The molecular weight excluding hydrogens is 326 g/mol. The molecule has 0 spiro atoms. The number of thiazole rings is 1. The Kier molecular flexibility index (Phi) is 6.23. The van der Waals surface area contributed by atoms with Crippen LogP contribution < -0.4 is 5.32 Å². The number of carbonyl (C=O) groups excluding carboxylic acids is 2. The predicted octanol–water partition coefficient (Wildman–Crippen LogP) is 2.91. The number of hydrogen-bond donors (Lipinski definition) is 1. The number of esters is 1. The predicted molar refractivity (Wildman–Crippen MR) is 91.2 cm³/mol. The van der Waals surface area contributed by atoms with Crippen molar-refractivity contribution in [3.8, 4) is 6.07 Å². The molecule has 0 unspecified atom stereocenters. The number of nitrogens with one attached hydrogen (secondary N) is 1.